The number of hydrogen-bond donors (Lipinski definition) is 2. The summed E-state index contributed by atoms with van der Waals surface area (Å²) >= 11 is 0. The molecule has 0 spiro atoms. The monoisotopic (exact) mass is 180 g/mol. The third kappa shape index (κ3) is 1.65. The SMILES string of the molecule is N[C@@H]1CCc2c(F)cccc2NC1. The van der Waals surface area contributed by atoms with Crippen LogP contribution in [0.1, 0.15) is 12.0 Å². The quantitative estimate of drug-likeness (QED) is 0.635. The molecule has 1 aliphatic rings. The van der Waals surface area contributed by atoms with Crippen molar-refractivity contribution in [2.45, 2.75) is 18.9 Å². The van der Waals surface area contributed by atoms with Gasteiger partial charge in [0.15, 0.2) is 0 Å². The highest BCUT2D eigenvalue weighted by atomic mass is 19.1. The Labute approximate surface area is 76.9 Å². The largest absolute Gasteiger partial charge is 0.383 e. The molecule has 0 bridgehead atoms. The Morgan fingerprint density at radius 3 is 3.15 bits per heavy atom. The summed E-state index contributed by atoms with van der Waals surface area (Å²) in [5.41, 5.74) is 7.45. The molecule has 0 unspecified atom stereocenters. The zero-order chi connectivity index (χ0) is 9.26. The molecule has 0 saturated carbocycles. The van der Waals surface area contributed by atoms with Crippen molar-refractivity contribution in [3.8, 4) is 0 Å². The van der Waals surface area contributed by atoms with E-state index in [0.717, 1.165) is 30.6 Å². The molecule has 3 N–H and O–H groups in total. The molecule has 1 aromatic rings. The van der Waals surface area contributed by atoms with Crippen LogP contribution in [0.4, 0.5) is 10.1 Å². The van der Waals surface area contributed by atoms with Crippen LogP contribution in [0, 0.1) is 5.82 Å². The molecule has 0 saturated heterocycles. The van der Waals surface area contributed by atoms with E-state index in [9.17, 15) is 4.39 Å². The summed E-state index contributed by atoms with van der Waals surface area (Å²) in [6.45, 7) is 0.733. The zero-order valence-corrected chi connectivity index (χ0v) is 7.39. The molecule has 2 rings (SSSR count). The van der Waals surface area contributed by atoms with E-state index in [4.69, 9.17) is 5.73 Å². The molecule has 0 fully saturated rings. The van der Waals surface area contributed by atoms with Crippen molar-refractivity contribution in [3.63, 3.8) is 0 Å². The van der Waals surface area contributed by atoms with Crippen LogP contribution in [0.2, 0.25) is 0 Å². The molecule has 1 atom stereocenters. The van der Waals surface area contributed by atoms with Crippen LogP contribution in [-0.2, 0) is 6.42 Å². The van der Waals surface area contributed by atoms with E-state index >= 15 is 0 Å². The van der Waals surface area contributed by atoms with E-state index in [1.807, 2.05) is 6.07 Å². The Morgan fingerprint density at radius 2 is 2.31 bits per heavy atom. The van der Waals surface area contributed by atoms with E-state index < -0.39 is 0 Å². The summed E-state index contributed by atoms with van der Waals surface area (Å²) in [5, 5.41) is 3.15. The Morgan fingerprint density at radius 1 is 1.46 bits per heavy atom. The Balaban J connectivity index is 2.35. The van der Waals surface area contributed by atoms with Crippen molar-refractivity contribution in [1.29, 1.82) is 0 Å². The van der Waals surface area contributed by atoms with E-state index in [2.05, 4.69) is 5.32 Å². The number of benzene rings is 1. The number of hydrogen-bond acceptors (Lipinski definition) is 2. The highest BCUT2D eigenvalue weighted by Crippen LogP contribution is 2.23. The third-order valence-corrected chi connectivity index (χ3v) is 2.44. The van der Waals surface area contributed by atoms with Gasteiger partial charge in [-0.2, -0.15) is 0 Å². The summed E-state index contributed by atoms with van der Waals surface area (Å²) in [6.07, 6.45) is 1.58. The van der Waals surface area contributed by atoms with E-state index in [1.54, 1.807) is 6.07 Å². The molecular formula is C10H13FN2. The van der Waals surface area contributed by atoms with Crippen molar-refractivity contribution < 1.29 is 4.39 Å². The van der Waals surface area contributed by atoms with Gasteiger partial charge in [0, 0.05) is 23.8 Å². The number of halogens is 1. The lowest BCUT2D eigenvalue weighted by atomic mass is 10.1. The lowest BCUT2D eigenvalue weighted by Crippen LogP contribution is -2.27. The second-order valence-electron chi connectivity index (χ2n) is 3.45. The molecular weight excluding hydrogens is 167 g/mol. The second-order valence-corrected chi connectivity index (χ2v) is 3.45. The summed E-state index contributed by atoms with van der Waals surface area (Å²) < 4.78 is 13.3. The van der Waals surface area contributed by atoms with Gasteiger partial charge in [-0.05, 0) is 25.0 Å². The van der Waals surface area contributed by atoms with Crippen molar-refractivity contribution >= 4 is 5.69 Å². The fourth-order valence-electron chi connectivity index (χ4n) is 1.65. The maximum atomic E-state index is 13.3. The highest BCUT2D eigenvalue weighted by Gasteiger charge is 2.14. The van der Waals surface area contributed by atoms with Crippen LogP contribution >= 0.6 is 0 Å². The van der Waals surface area contributed by atoms with Crippen LogP contribution < -0.4 is 11.1 Å². The Hall–Kier alpha value is -1.09. The van der Waals surface area contributed by atoms with Gasteiger partial charge in [0.2, 0.25) is 0 Å². The fourth-order valence-corrected chi connectivity index (χ4v) is 1.65. The number of nitrogens with one attached hydrogen (secondary N) is 1. The number of anilines is 1. The average molecular weight is 180 g/mol. The molecule has 1 aliphatic heterocycles. The Kier molecular flexibility index (Phi) is 2.19. The van der Waals surface area contributed by atoms with E-state index in [0.29, 0.717) is 0 Å². The van der Waals surface area contributed by atoms with Gasteiger partial charge in [-0.1, -0.05) is 6.07 Å². The van der Waals surface area contributed by atoms with Crippen LogP contribution in [0.5, 0.6) is 0 Å². The smallest absolute Gasteiger partial charge is 0.128 e. The summed E-state index contributed by atoms with van der Waals surface area (Å²) in [7, 11) is 0. The Bertz CT molecular complexity index is 312. The highest BCUT2D eigenvalue weighted by molar-refractivity contribution is 5.52. The van der Waals surface area contributed by atoms with Crippen molar-refractivity contribution in [2.75, 3.05) is 11.9 Å². The van der Waals surface area contributed by atoms with Gasteiger partial charge in [-0.25, -0.2) is 4.39 Å². The first-order valence-electron chi connectivity index (χ1n) is 4.54. The first kappa shape index (κ1) is 8.51. The molecule has 1 heterocycles. The first-order chi connectivity index (χ1) is 6.27. The second kappa shape index (κ2) is 3.34. The molecule has 2 nitrogen and oxygen atoms in total. The van der Waals surface area contributed by atoms with Crippen LogP contribution in [0.15, 0.2) is 18.2 Å². The summed E-state index contributed by atoms with van der Waals surface area (Å²) in [6, 6.07) is 5.25. The molecule has 3 heteroatoms. The number of fused-ring (bicyclic) bond motifs is 1. The maximum Gasteiger partial charge on any atom is 0.128 e. The minimum atomic E-state index is -0.126. The molecule has 13 heavy (non-hydrogen) atoms. The fraction of sp³-hybridized carbons (Fsp3) is 0.400. The predicted molar refractivity (Wildman–Crippen MR) is 51.2 cm³/mol. The minimum Gasteiger partial charge on any atom is -0.383 e. The van der Waals surface area contributed by atoms with Gasteiger partial charge in [-0.15, -0.1) is 0 Å². The molecule has 0 amide bonds. The molecule has 0 radical (unpaired) electrons. The predicted octanol–water partition coefficient (Wildman–Crippen LogP) is 1.51. The maximum absolute atomic E-state index is 13.3. The van der Waals surface area contributed by atoms with Gasteiger partial charge in [-0.3, -0.25) is 0 Å². The van der Waals surface area contributed by atoms with Crippen LogP contribution in [0.3, 0.4) is 0 Å². The molecule has 1 aromatic carbocycles. The lowest BCUT2D eigenvalue weighted by molar-refractivity contribution is 0.595. The first-order valence-corrected chi connectivity index (χ1v) is 4.54. The van der Waals surface area contributed by atoms with Crippen LogP contribution in [0.25, 0.3) is 0 Å². The summed E-state index contributed by atoms with van der Waals surface area (Å²) in [5.74, 6) is -0.126. The van der Waals surface area contributed by atoms with Crippen LogP contribution in [-0.4, -0.2) is 12.6 Å². The zero-order valence-electron chi connectivity index (χ0n) is 7.39. The van der Waals surface area contributed by atoms with Gasteiger partial charge in [0.25, 0.3) is 0 Å². The number of nitrogens with two attached hydrogens (primary N) is 1. The standard InChI is InChI=1S/C10H13FN2/c11-9-2-1-3-10-8(9)5-4-7(12)6-13-10/h1-3,7,13H,4-6,12H2/t7-/m1/s1. The normalized spacial score (nSPS) is 21.5. The van der Waals surface area contributed by atoms with Crippen molar-refractivity contribution in [1.82, 2.24) is 0 Å². The van der Waals surface area contributed by atoms with Gasteiger partial charge >= 0.3 is 0 Å². The number of rotatable bonds is 0. The molecule has 70 valence electrons. The van der Waals surface area contributed by atoms with Crippen molar-refractivity contribution in [2.24, 2.45) is 5.73 Å². The van der Waals surface area contributed by atoms with Gasteiger partial charge in [0.05, 0.1) is 0 Å². The van der Waals surface area contributed by atoms with Crippen molar-refractivity contribution in [3.05, 3.63) is 29.6 Å². The van der Waals surface area contributed by atoms with Gasteiger partial charge in [0.1, 0.15) is 5.82 Å². The molecule has 0 aromatic heterocycles. The minimum absolute atomic E-state index is 0.126. The average Bonchev–Trinajstić information content (AvgIpc) is 2.30. The summed E-state index contributed by atoms with van der Waals surface area (Å²) in [4.78, 5) is 0. The van der Waals surface area contributed by atoms with Gasteiger partial charge < -0.3 is 11.1 Å². The topological polar surface area (TPSA) is 38.0 Å². The third-order valence-electron chi connectivity index (χ3n) is 2.44. The lowest BCUT2D eigenvalue weighted by Gasteiger charge is -2.08. The molecule has 0 aliphatic carbocycles. The van der Waals surface area contributed by atoms with E-state index in [1.165, 1.54) is 6.07 Å². The van der Waals surface area contributed by atoms with E-state index in [-0.39, 0.29) is 11.9 Å².